The van der Waals surface area contributed by atoms with Gasteiger partial charge < -0.3 is 14.1 Å². The lowest BCUT2D eigenvalue weighted by molar-refractivity contribution is 0.303. The molecular formula is C30H30Cl3N3O2. The highest BCUT2D eigenvalue weighted by Gasteiger charge is 2.15. The van der Waals surface area contributed by atoms with E-state index in [4.69, 9.17) is 25.7 Å². The molecule has 0 saturated carbocycles. The lowest BCUT2D eigenvalue weighted by atomic mass is 10.1. The van der Waals surface area contributed by atoms with Crippen LogP contribution in [0.4, 0.5) is 0 Å². The molecule has 38 heavy (non-hydrogen) atoms. The molecule has 0 atom stereocenters. The predicted octanol–water partition coefficient (Wildman–Crippen LogP) is 8.09. The second-order valence-electron chi connectivity index (χ2n) is 9.39. The van der Waals surface area contributed by atoms with E-state index in [1.807, 2.05) is 48.5 Å². The molecule has 198 valence electrons. The average Bonchev–Trinajstić information content (AvgIpc) is 3.65. The van der Waals surface area contributed by atoms with Crippen molar-refractivity contribution in [2.24, 2.45) is 0 Å². The molecule has 0 unspecified atom stereocenters. The van der Waals surface area contributed by atoms with Crippen molar-refractivity contribution in [3.05, 3.63) is 106 Å². The number of imidazole rings is 1. The average molecular weight is 571 g/mol. The summed E-state index contributed by atoms with van der Waals surface area (Å²) < 4.78 is 12.3. The Kier molecular flexibility index (Phi) is 9.40. The Morgan fingerprint density at radius 1 is 0.895 bits per heavy atom. The molecule has 0 radical (unpaired) electrons. The molecule has 8 heteroatoms. The molecule has 1 aliphatic rings. The number of nitrogens with one attached hydrogen (secondary N) is 1. The third-order valence-electron chi connectivity index (χ3n) is 6.67. The fourth-order valence-electron chi connectivity index (χ4n) is 4.82. The second-order valence-corrected chi connectivity index (χ2v) is 9.83. The Morgan fingerprint density at radius 3 is 2.53 bits per heavy atom. The minimum atomic E-state index is 0. The van der Waals surface area contributed by atoms with Crippen LogP contribution in [0.25, 0.3) is 22.6 Å². The Labute approximate surface area is 240 Å². The Bertz CT molecular complexity index is 1480. The van der Waals surface area contributed by atoms with Crippen LogP contribution in [-0.2, 0) is 19.6 Å². The predicted molar refractivity (Wildman–Crippen MR) is 158 cm³/mol. The third-order valence-corrected chi connectivity index (χ3v) is 6.91. The normalized spacial score (nSPS) is 13.3. The summed E-state index contributed by atoms with van der Waals surface area (Å²) in [6, 6.07) is 26.3. The molecule has 5 aromatic rings. The van der Waals surface area contributed by atoms with E-state index in [9.17, 15) is 0 Å². The number of aromatic amines is 1. The first-order valence-electron chi connectivity index (χ1n) is 12.4. The summed E-state index contributed by atoms with van der Waals surface area (Å²) in [5.41, 5.74) is 5.39. The maximum atomic E-state index is 6.31. The van der Waals surface area contributed by atoms with E-state index >= 15 is 0 Å². The van der Waals surface area contributed by atoms with Crippen LogP contribution >= 0.6 is 36.4 Å². The van der Waals surface area contributed by atoms with Gasteiger partial charge in [0.2, 0.25) is 0 Å². The van der Waals surface area contributed by atoms with Gasteiger partial charge in [0.25, 0.3) is 0 Å². The Balaban J connectivity index is 0.00000168. The molecule has 0 bridgehead atoms. The van der Waals surface area contributed by atoms with Crippen molar-refractivity contribution in [1.29, 1.82) is 0 Å². The van der Waals surface area contributed by atoms with E-state index < -0.39 is 0 Å². The van der Waals surface area contributed by atoms with Crippen LogP contribution in [-0.4, -0.2) is 28.0 Å². The van der Waals surface area contributed by atoms with E-state index in [0.717, 1.165) is 51.8 Å². The molecule has 0 aliphatic carbocycles. The van der Waals surface area contributed by atoms with Gasteiger partial charge in [-0.1, -0.05) is 48.0 Å². The molecule has 1 saturated heterocycles. The number of fused-ring (bicyclic) bond motifs is 1. The topological polar surface area (TPSA) is 54.3 Å². The fourth-order valence-corrected chi connectivity index (χ4v) is 5.02. The maximum absolute atomic E-state index is 6.31. The SMILES string of the molecule is Cl.Cl.Clc1ccc(OCc2ccccc2)c(Cc2ccc(-c3nc4ccc(CN5CCCC5)cc4[nH]3)o2)c1. The summed E-state index contributed by atoms with van der Waals surface area (Å²) in [4.78, 5) is 10.7. The molecule has 6 rings (SSSR count). The van der Waals surface area contributed by atoms with Crippen molar-refractivity contribution in [2.75, 3.05) is 13.1 Å². The molecular weight excluding hydrogens is 541 g/mol. The van der Waals surface area contributed by atoms with Crippen molar-refractivity contribution in [3.8, 4) is 17.3 Å². The van der Waals surface area contributed by atoms with Gasteiger partial charge in [-0.3, -0.25) is 4.90 Å². The minimum Gasteiger partial charge on any atom is -0.489 e. The van der Waals surface area contributed by atoms with Crippen molar-refractivity contribution >= 4 is 47.4 Å². The van der Waals surface area contributed by atoms with E-state index in [1.54, 1.807) is 0 Å². The second kappa shape index (κ2) is 12.7. The zero-order valence-electron chi connectivity index (χ0n) is 20.9. The lowest BCUT2D eigenvalue weighted by Crippen LogP contribution is -2.18. The van der Waals surface area contributed by atoms with Gasteiger partial charge in [-0.25, -0.2) is 4.98 Å². The summed E-state index contributed by atoms with van der Waals surface area (Å²) in [5.74, 6) is 3.08. The molecule has 1 aliphatic heterocycles. The lowest BCUT2D eigenvalue weighted by Gasteiger charge is -2.14. The van der Waals surface area contributed by atoms with Gasteiger partial charge in [-0.2, -0.15) is 0 Å². The van der Waals surface area contributed by atoms with Gasteiger partial charge in [0.1, 0.15) is 18.1 Å². The van der Waals surface area contributed by atoms with Crippen LogP contribution in [0.1, 0.15) is 35.3 Å². The minimum absolute atomic E-state index is 0. The third kappa shape index (κ3) is 6.54. The smallest absolute Gasteiger partial charge is 0.174 e. The van der Waals surface area contributed by atoms with Gasteiger partial charge in [0.15, 0.2) is 11.6 Å². The van der Waals surface area contributed by atoms with Crippen LogP contribution in [0.3, 0.4) is 0 Å². The first kappa shape index (κ1) is 28.1. The number of furan rings is 1. The quantitative estimate of drug-likeness (QED) is 0.205. The van der Waals surface area contributed by atoms with Crippen molar-refractivity contribution in [3.63, 3.8) is 0 Å². The van der Waals surface area contributed by atoms with Gasteiger partial charge in [-0.15, -0.1) is 24.8 Å². The van der Waals surface area contributed by atoms with Crippen LogP contribution in [0.2, 0.25) is 5.02 Å². The standard InChI is InChI=1S/C30H28ClN3O2.2ClH/c31-24-9-12-28(35-20-21-6-2-1-3-7-21)23(17-24)18-25-10-13-29(36-25)30-32-26-11-8-22(16-27(26)33-30)19-34-14-4-5-15-34;;/h1-3,6-13,16-17H,4-5,14-15,18-20H2,(H,32,33);2*1H. The number of likely N-dealkylation sites (tertiary alicyclic amines) is 1. The number of aromatic nitrogens is 2. The highest BCUT2D eigenvalue weighted by molar-refractivity contribution is 6.30. The molecule has 1 fully saturated rings. The zero-order chi connectivity index (χ0) is 24.3. The fraction of sp³-hybridized carbons (Fsp3) is 0.233. The largest absolute Gasteiger partial charge is 0.489 e. The number of hydrogen-bond donors (Lipinski definition) is 1. The van der Waals surface area contributed by atoms with Crippen LogP contribution in [0.5, 0.6) is 5.75 Å². The highest BCUT2D eigenvalue weighted by Crippen LogP contribution is 2.29. The van der Waals surface area contributed by atoms with Crippen LogP contribution < -0.4 is 4.74 Å². The monoisotopic (exact) mass is 569 g/mol. The van der Waals surface area contributed by atoms with Gasteiger partial charge in [0, 0.05) is 23.6 Å². The number of nitrogens with zero attached hydrogens (tertiary/aromatic N) is 2. The van der Waals surface area contributed by atoms with Gasteiger partial charge >= 0.3 is 0 Å². The van der Waals surface area contributed by atoms with E-state index in [2.05, 4.69) is 40.2 Å². The van der Waals surface area contributed by atoms with Crippen LogP contribution in [0.15, 0.2) is 83.3 Å². The van der Waals surface area contributed by atoms with Crippen LogP contribution in [0, 0.1) is 0 Å². The summed E-state index contributed by atoms with van der Waals surface area (Å²) in [5, 5.41) is 0.672. The number of H-pyrrole nitrogens is 1. The van der Waals surface area contributed by atoms with E-state index in [-0.39, 0.29) is 24.8 Å². The molecule has 2 aromatic heterocycles. The number of benzene rings is 3. The molecule has 0 spiro atoms. The molecule has 0 amide bonds. The highest BCUT2D eigenvalue weighted by atomic mass is 35.5. The molecule has 1 N–H and O–H groups in total. The number of rotatable bonds is 8. The van der Waals surface area contributed by atoms with Crippen molar-refractivity contribution < 1.29 is 9.15 Å². The summed E-state index contributed by atoms with van der Waals surface area (Å²) in [6.07, 6.45) is 3.17. The molecule has 3 heterocycles. The van der Waals surface area contributed by atoms with Gasteiger partial charge in [-0.05, 0) is 79.5 Å². The summed E-state index contributed by atoms with van der Waals surface area (Å²) >= 11 is 6.31. The Hall–Kier alpha value is -2.96. The Morgan fingerprint density at radius 2 is 1.71 bits per heavy atom. The zero-order valence-corrected chi connectivity index (χ0v) is 23.2. The van der Waals surface area contributed by atoms with E-state index in [0.29, 0.717) is 18.1 Å². The van der Waals surface area contributed by atoms with E-state index in [1.165, 1.54) is 31.5 Å². The molecule has 3 aromatic carbocycles. The summed E-state index contributed by atoms with van der Waals surface area (Å²) in [6.45, 7) is 3.86. The van der Waals surface area contributed by atoms with Crippen molar-refractivity contribution in [2.45, 2.75) is 32.4 Å². The number of hydrogen-bond acceptors (Lipinski definition) is 4. The number of halogens is 3. The first-order chi connectivity index (χ1) is 17.7. The summed E-state index contributed by atoms with van der Waals surface area (Å²) in [7, 11) is 0. The number of ether oxygens (including phenoxy) is 1. The van der Waals surface area contributed by atoms with Gasteiger partial charge in [0.05, 0.1) is 11.0 Å². The maximum Gasteiger partial charge on any atom is 0.174 e. The first-order valence-corrected chi connectivity index (χ1v) is 12.8. The molecule has 5 nitrogen and oxygen atoms in total. The van der Waals surface area contributed by atoms with Crippen molar-refractivity contribution in [1.82, 2.24) is 14.9 Å².